The van der Waals surface area contributed by atoms with Gasteiger partial charge in [0.15, 0.2) is 36.2 Å². The van der Waals surface area contributed by atoms with Crippen molar-refractivity contribution in [2.24, 2.45) is 27.9 Å². The molecule has 10 atom stereocenters. The zero-order valence-electron chi connectivity index (χ0n) is 29.8. The van der Waals surface area contributed by atoms with Gasteiger partial charge in [-0.25, -0.2) is 24.9 Å². The molecule has 0 spiro atoms. The maximum atomic E-state index is 12.9. The highest BCUT2D eigenvalue weighted by Gasteiger charge is 2.48. The number of aromatic nitrogens is 6. The lowest BCUT2D eigenvalue weighted by Gasteiger charge is -2.21. The standard InChI is InChI=1S/C30H43N13O14/c31-14(2-1-5-36-28(33)34)26(47)52-10-16-20(44)22(46)24(54-16)42-7-4-19(39-30(42)50)41-57-56-23-21(45)17(11-53-27(48)15(32)8-13-9-35-12-37-13)55-25(23)43-6-3-18(40-51)38-29(43)49/h3-4,6-7,9,12,14-17,20-25,44-46,51H,1-2,5,8,10-11,31-32H2,(H,35,37)(H4,33,34,36)(H,38,40,49)(H,39,41,50)/t14-,15-,16+,17+,20+,21+,22+,23+,24+,25+/m0/s1. The third kappa shape index (κ3) is 10.8. The van der Waals surface area contributed by atoms with Gasteiger partial charge < -0.3 is 62.2 Å². The second-order valence-electron chi connectivity index (χ2n) is 12.7. The first-order valence-corrected chi connectivity index (χ1v) is 17.2. The van der Waals surface area contributed by atoms with Crippen molar-refractivity contribution in [3.8, 4) is 0 Å². The third-order valence-corrected chi connectivity index (χ3v) is 8.63. The summed E-state index contributed by atoms with van der Waals surface area (Å²) in [4.78, 5) is 78.8. The third-order valence-electron chi connectivity index (χ3n) is 8.63. The van der Waals surface area contributed by atoms with Gasteiger partial charge in [0.1, 0.15) is 55.8 Å². The average molecular weight is 810 g/mol. The summed E-state index contributed by atoms with van der Waals surface area (Å²) in [6.07, 6.45) is -5.83. The van der Waals surface area contributed by atoms with Crippen LogP contribution in [-0.4, -0.2) is 136 Å². The van der Waals surface area contributed by atoms with E-state index in [4.69, 9.17) is 57.0 Å². The second kappa shape index (κ2) is 19.5. The number of anilines is 2. The molecule has 15 N–H and O–H groups in total. The van der Waals surface area contributed by atoms with Crippen LogP contribution in [-0.2, 0) is 44.8 Å². The molecule has 0 bridgehead atoms. The van der Waals surface area contributed by atoms with E-state index in [-0.39, 0.29) is 37.0 Å². The van der Waals surface area contributed by atoms with Crippen LogP contribution in [0.1, 0.15) is 31.0 Å². The molecule has 0 amide bonds. The first-order chi connectivity index (χ1) is 27.3. The van der Waals surface area contributed by atoms with Crippen molar-refractivity contribution in [1.82, 2.24) is 29.1 Å². The van der Waals surface area contributed by atoms with Crippen LogP contribution >= 0.6 is 0 Å². The van der Waals surface area contributed by atoms with Crippen LogP contribution in [0.3, 0.4) is 0 Å². The number of aliphatic hydroxyl groups is 3. The first-order valence-electron chi connectivity index (χ1n) is 17.2. The number of aliphatic hydroxyl groups excluding tert-OH is 3. The van der Waals surface area contributed by atoms with Crippen LogP contribution in [0.4, 0.5) is 11.6 Å². The zero-order valence-corrected chi connectivity index (χ0v) is 29.8. The van der Waals surface area contributed by atoms with Gasteiger partial charge >= 0.3 is 23.3 Å². The molecule has 27 nitrogen and oxygen atoms in total. The number of H-pyrrole nitrogens is 1. The molecule has 57 heavy (non-hydrogen) atoms. The number of nitrogens with one attached hydrogen (secondary N) is 3. The highest BCUT2D eigenvalue weighted by molar-refractivity contribution is 5.76. The Bertz CT molecular complexity index is 1940. The molecule has 0 saturated carbocycles. The largest absolute Gasteiger partial charge is 0.462 e. The molecular weight excluding hydrogens is 766 g/mol. The molecule has 2 fully saturated rings. The lowest BCUT2D eigenvalue weighted by Crippen LogP contribution is -2.40. The van der Waals surface area contributed by atoms with Gasteiger partial charge in [0, 0.05) is 37.3 Å². The number of guanidine groups is 1. The molecule has 0 aromatic carbocycles. The number of aromatic amines is 1. The van der Waals surface area contributed by atoms with Crippen LogP contribution in [0.5, 0.6) is 0 Å². The summed E-state index contributed by atoms with van der Waals surface area (Å²) < 4.78 is 23.6. The molecule has 0 unspecified atom stereocenters. The number of nitrogens with two attached hydrogens (primary N) is 4. The topological polar surface area (TPSA) is 409 Å². The van der Waals surface area contributed by atoms with Crippen molar-refractivity contribution in [2.45, 2.75) is 80.4 Å². The van der Waals surface area contributed by atoms with Crippen molar-refractivity contribution in [3.05, 3.63) is 63.7 Å². The average Bonchev–Trinajstić information content (AvgIpc) is 3.89. The fourth-order valence-electron chi connectivity index (χ4n) is 5.63. The van der Waals surface area contributed by atoms with Crippen molar-refractivity contribution in [1.29, 1.82) is 0 Å². The van der Waals surface area contributed by atoms with Crippen LogP contribution < -0.4 is 45.3 Å². The molecule has 2 aliphatic heterocycles. The van der Waals surface area contributed by atoms with E-state index in [9.17, 15) is 34.5 Å². The highest BCUT2D eigenvalue weighted by atomic mass is 17.3. The Balaban J connectivity index is 1.17. The molecule has 2 saturated heterocycles. The summed E-state index contributed by atoms with van der Waals surface area (Å²) in [6, 6.07) is 0.308. The van der Waals surface area contributed by atoms with Gasteiger partial charge in [0.25, 0.3) is 0 Å². The van der Waals surface area contributed by atoms with E-state index in [1.165, 1.54) is 30.9 Å². The van der Waals surface area contributed by atoms with E-state index < -0.39 is 97.7 Å². The highest BCUT2D eigenvalue weighted by Crippen LogP contribution is 2.32. The van der Waals surface area contributed by atoms with Gasteiger partial charge in [-0.05, 0) is 25.0 Å². The molecule has 2 aliphatic rings. The Morgan fingerprint density at radius 2 is 1.53 bits per heavy atom. The number of carbonyl (C=O) groups is 2. The van der Waals surface area contributed by atoms with E-state index in [0.717, 1.165) is 15.3 Å². The fourth-order valence-corrected chi connectivity index (χ4v) is 5.63. The SMILES string of the molecule is NC(N)=NCCC[C@H](N)C(=O)OC[C@H]1O[C@@H](n2ccc(NOO[C@@H]3[C@H](O)[C@@H](COC(=O)[C@@H](N)Cc4cnc[nH]4)O[C@H]3n3ccc(NO)nc3=O)nc2=O)[C@H](O)[C@@H]1O. The number of imidazole rings is 1. The minimum Gasteiger partial charge on any atom is -0.462 e. The lowest BCUT2D eigenvalue weighted by molar-refractivity contribution is -0.328. The Labute approximate surface area is 320 Å². The molecule has 5 heterocycles. The number of aliphatic imine (C=N–C) groups is 1. The van der Waals surface area contributed by atoms with Gasteiger partial charge in [-0.1, -0.05) is 0 Å². The molecular formula is C30H43N13O14. The summed E-state index contributed by atoms with van der Waals surface area (Å²) in [5.74, 6) is -2.17. The van der Waals surface area contributed by atoms with Gasteiger partial charge in [-0.2, -0.15) is 9.97 Å². The van der Waals surface area contributed by atoms with Crippen LogP contribution in [0.2, 0.25) is 0 Å². The second-order valence-corrected chi connectivity index (χ2v) is 12.7. The van der Waals surface area contributed by atoms with Crippen LogP contribution in [0.15, 0.2) is 51.6 Å². The quantitative estimate of drug-likeness (QED) is 0.0134. The van der Waals surface area contributed by atoms with Gasteiger partial charge in [0.2, 0.25) is 0 Å². The zero-order chi connectivity index (χ0) is 41.2. The summed E-state index contributed by atoms with van der Waals surface area (Å²) in [7, 11) is 0. The number of carbonyl (C=O) groups excluding carboxylic acids is 2. The fraction of sp³-hybridized carbons (Fsp3) is 0.533. The smallest absolute Gasteiger partial charge is 0.351 e. The van der Waals surface area contributed by atoms with Crippen molar-refractivity contribution in [2.75, 3.05) is 30.7 Å². The van der Waals surface area contributed by atoms with E-state index in [0.29, 0.717) is 12.1 Å². The lowest BCUT2D eigenvalue weighted by atomic mass is 10.1. The molecule has 0 aliphatic carbocycles. The van der Waals surface area contributed by atoms with Crippen molar-refractivity contribution in [3.63, 3.8) is 0 Å². The molecule has 3 aromatic rings. The molecule has 0 radical (unpaired) electrons. The van der Waals surface area contributed by atoms with Crippen molar-refractivity contribution >= 4 is 29.5 Å². The summed E-state index contributed by atoms with van der Waals surface area (Å²) in [6.45, 7) is -0.766. The summed E-state index contributed by atoms with van der Waals surface area (Å²) in [5.41, 5.74) is 24.9. The van der Waals surface area contributed by atoms with E-state index in [2.05, 4.69) is 30.4 Å². The molecule has 312 valence electrons. The molecule has 3 aromatic heterocycles. The molecule has 27 heteroatoms. The maximum Gasteiger partial charge on any atom is 0.351 e. The predicted molar refractivity (Wildman–Crippen MR) is 188 cm³/mol. The summed E-state index contributed by atoms with van der Waals surface area (Å²) in [5, 5.41) is 41.4. The number of nitrogens with zero attached hydrogens (tertiary/aromatic N) is 6. The Morgan fingerprint density at radius 1 is 0.912 bits per heavy atom. The van der Waals surface area contributed by atoms with E-state index >= 15 is 0 Å². The number of hydrogen-bond acceptors (Lipinski definition) is 22. The van der Waals surface area contributed by atoms with E-state index in [1.807, 2.05) is 0 Å². The van der Waals surface area contributed by atoms with E-state index in [1.54, 1.807) is 5.48 Å². The number of esters is 2. The summed E-state index contributed by atoms with van der Waals surface area (Å²) >= 11 is 0. The maximum absolute atomic E-state index is 12.9. The Hall–Kier alpha value is -5.62. The monoisotopic (exact) mass is 809 g/mol. The minimum atomic E-state index is -1.64. The van der Waals surface area contributed by atoms with Crippen LogP contribution in [0.25, 0.3) is 0 Å². The number of hydrogen-bond donors (Lipinski definition) is 11. The van der Waals surface area contributed by atoms with Gasteiger partial charge in [-0.15, -0.1) is 4.99 Å². The number of rotatable bonds is 19. The Kier molecular flexibility index (Phi) is 14.5. The normalized spacial score (nSPS) is 25.4. The van der Waals surface area contributed by atoms with Gasteiger partial charge in [0.05, 0.1) is 6.33 Å². The molecule has 5 rings (SSSR count). The Morgan fingerprint density at radius 3 is 2.16 bits per heavy atom. The minimum absolute atomic E-state index is 0.0836. The van der Waals surface area contributed by atoms with Gasteiger partial charge in [-0.3, -0.25) is 34.4 Å². The first kappa shape index (κ1) is 42.5. The van der Waals surface area contributed by atoms with Crippen molar-refractivity contribution < 1.29 is 58.9 Å². The number of ether oxygens (including phenoxy) is 4. The predicted octanol–water partition coefficient (Wildman–Crippen LogP) is -5.42. The van der Waals surface area contributed by atoms with Crippen LogP contribution in [0, 0.1) is 0 Å².